The predicted octanol–water partition coefficient (Wildman–Crippen LogP) is 2.18. The number of benzene rings is 2. The molecule has 3 heteroatoms. The molecule has 0 saturated heterocycles. The van der Waals surface area contributed by atoms with Gasteiger partial charge in [-0.3, -0.25) is 0 Å². The van der Waals surface area contributed by atoms with Crippen molar-refractivity contribution in [3.05, 3.63) is 71.8 Å². The van der Waals surface area contributed by atoms with Gasteiger partial charge in [-0.05, 0) is 5.56 Å². The molecular weight excluding hydrogens is 248 g/mol. The van der Waals surface area contributed by atoms with Gasteiger partial charge in [-0.2, -0.15) is 4.59 Å². The van der Waals surface area contributed by atoms with E-state index in [-0.39, 0.29) is 5.90 Å². The van der Waals surface area contributed by atoms with Crippen molar-refractivity contribution in [1.29, 1.82) is 0 Å². The summed E-state index contributed by atoms with van der Waals surface area (Å²) in [5.74, 6) is -0.0860. The van der Waals surface area contributed by atoms with Gasteiger partial charge < -0.3 is 5.11 Å². The minimum Gasteiger partial charge on any atom is -0.858 e. The van der Waals surface area contributed by atoms with Gasteiger partial charge in [-0.1, -0.05) is 60.7 Å². The Bertz CT molecular complexity index is 562. The SMILES string of the molecule is C[N+](C)(Cc1ccccc1)/N=C(\[O-])Cc1ccccc1. The molecule has 0 aromatic heterocycles. The van der Waals surface area contributed by atoms with Crippen LogP contribution in [0, 0.1) is 0 Å². The summed E-state index contributed by atoms with van der Waals surface area (Å²) >= 11 is 0. The summed E-state index contributed by atoms with van der Waals surface area (Å²) in [5, 5.41) is 16.3. The molecule has 0 bridgehead atoms. The van der Waals surface area contributed by atoms with Crippen molar-refractivity contribution in [3.63, 3.8) is 0 Å². The summed E-state index contributed by atoms with van der Waals surface area (Å²) in [6.07, 6.45) is 0.358. The lowest BCUT2D eigenvalue weighted by molar-refractivity contribution is -0.911. The molecule has 0 unspecified atom stereocenters. The predicted molar refractivity (Wildman–Crippen MR) is 79.8 cm³/mol. The van der Waals surface area contributed by atoms with Crippen LogP contribution in [0.25, 0.3) is 0 Å². The van der Waals surface area contributed by atoms with Crippen LogP contribution in [0.3, 0.4) is 0 Å². The summed E-state index contributed by atoms with van der Waals surface area (Å²) in [4.78, 5) is 0. The highest BCUT2D eigenvalue weighted by Crippen LogP contribution is 2.10. The van der Waals surface area contributed by atoms with Crippen LogP contribution in [0.4, 0.5) is 0 Å². The Morgan fingerprint density at radius 3 is 1.95 bits per heavy atom. The highest BCUT2D eigenvalue weighted by molar-refractivity contribution is 5.73. The molecule has 0 N–H and O–H groups in total. The third-order valence-electron chi connectivity index (χ3n) is 2.99. The number of hydrogen-bond donors (Lipinski definition) is 0. The van der Waals surface area contributed by atoms with Crippen LogP contribution in [0.2, 0.25) is 0 Å². The number of quaternary nitrogens is 1. The molecule has 0 aliphatic rings. The van der Waals surface area contributed by atoms with E-state index in [0.717, 1.165) is 5.56 Å². The maximum atomic E-state index is 12.0. The van der Waals surface area contributed by atoms with Gasteiger partial charge in [0.2, 0.25) is 0 Å². The first kappa shape index (κ1) is 14.3. The van der Waals surface area contributed by atoms with E-state index < -0.39 is 0 Å². The lowest BCUT2D eigenvalue weighted by Crippen LogP contribution is -2.37. The lowest BCUT2D eigenvalue weighted by atomic mass is 10.1. The van der Waals surface area contributed by atoms with Crippen molar-refractivity contribution >= 4 is 5.90 Å². The third kappa shape index (κ3) is 4.52. The van der Waals surface area contributed by atoms with Gasteiger partial charge in [0, 0.05) is 17.9 Å². The molecule has 0 heterocycles. The maximum Gasteiger partial charge on any atom is 0.128 e. The minimum absolute atomic E-state index is 0.0860. The summed E-state index contributed by atoms with van der Waals surface area (Å²) in [7, 11) is 3.88. The van der Waals surface area contributed by atoms with Crippen molar-refractivity contribution < 1.29 is 9.70 Å². The molecule has 0 spiro atoms. The molecule has 0 aliphatic carbocycles. The van der Waals surface area contributed by atoms with Crippen LogP contribution in [-0.4, -0.2) is 24.6 Å². The molecule has 2 aromatic rings. The number of nitrogens with zero attached hydrogens (tertiary/aromatic N) is 2. The first-order valence-electron chi connectivity index (χ1n) is 6.72. The summed E-state index contributed by atoms with van der Waals surface area (Å²) < 4.78 is 0.315. The van der Waals surface area contributed by atoms with Gasteiger partial charge >= 0.3 is 0 Å². The van der Waals surface area contributed by atoms with Crippen LogP contribution in [0.1, 0.15) is 11.1 Å². The van der Waals surface area contributed by atoms with E-state index in [1.54, 1.807) is 0 Å². The number of rotatable bonds is 5. The largest absolute Gasteiger partial charge is 0.858 e. The fourth-order valence-electron chi connectivity index (χ4n) is 2.17. The van der Waals surface area contributed by atoms with E-state index >= 15 is 0 Å². The van der Waals surface area contributed by atoms with Crippen LogP contribution in [0.5, 0.6) is 0 Å². The molecule has 2 rings (SSSR count). The quantitative estimate of drug-likeness (QED) is 0.354. The molecular formula is C17H20N2O. The van der Waals surface area contributed by atoms with Gasteiger partial charge in [0.25, 0.3) is 0 Å². The molecule has 104 valence electrons. The zero-order valence-electron chi connectivity index (χ0n) is 12.0. The third-order valence-corrected chi connectivity index (χ3v) is 2.99. The van der Waals surface area contributed by atoms with E-state index in [9.17, 15) is 5.11 Å². The first-order valence-corrected chi connectivity index (χ1v) is 6.72. The Morgan fingerprint density at radius 1 is 0.900 bits per heavy atom. The molecule has 0 amide bonds. The van der Waals surface area contributed by atoms with Crippen LogP contribution in [0.15, 0.2) is 65.8 Å². The molecule has 0 atom stereocenters. The second kappa shape index (κ2) is 6.35. The minimum atomic E-state index is -0.0860. The van der Waals surface area contributed by atoms with Gasteiger partial charge in [-0.15, -0.1) is 5.10 Å². The van der Waals surface area contributed by atoms with E-state index in [1.165, 1.54) is 5.56 Å². The van der Waals surface area contributed by atoms with Crippen molar-refractivity contribution in [2.24, 2.45) is 5.10 Å². The first-order chi connectivity index (χ1) is 9.55. The van der Waals surface area contributed by atoms with Crippen LogP contribution >= 0.6 is 0 Å². The monoisotopic (exact) mass is 268 g/mol. The fraction of sp³-hybridized carbons (Fsp3) is 0.235. The molecule has 3 nitrogen and oxygen atoms in total. The Kier molecular flexibility index (Phi) is 4.53. The smallest absolute Gasteiger partial charge is 0.128 e. The topological polar surface area (TPSA) is 35.4 Å². The summed E-state index contributed by atoms with van der Waals surface area (Å²) in [6.45, 7) is 0.710. The normalized spacial score (nSPS) is 12.4. The van der Waals surface area contributed by atoms with Gasteiger partial charge in [0.1, 0.15) is 6.54 Å². The molecule has 0 fully saturated rings. The Balaban J connectivity index is 2.04. The fourth-order valence-corrected chi connectivity index (χ4v) is 2.17. The average Bonchev–Trinajstić information content (AvgIpc) is 2.39. The highest BCUT2D eigenvalue weighted by Gasteiger charge is 2.14. The zero-order chi connectivity index (χ0) is 14.4. The number of hydrogen-bond acceptors (Lipinski definition) is 2. The summed E-state index contributed by atoms with van der Waals surface area (Å²) in [6, 6.07) is 19.8. The second-order valence-corrected chi connectivity index (χ2v) is 5.42. The van der Waals surface area contributed by atoms with E-state index in [2.05, 4.69) is 17.2 Å². The van der Waals surface area contributed by atoms with Crippen molar-refractivity contribution in [2.75, 3.05) is 14.1 Å². The van der Waals surface area contributed by atoms with Crippen molar-refractivity contribution in [3.8, 4) is 0 Å². The molecule has 0 saturated carbocycles. The maximum absolute atomic E-state index is 12.0. The van der Waals surface area contributed by atoms with Gasteiger partial charge in [0.15, 0.2) is 0 Å². The molecule has 20 heavy (non-hydrogen) atoms. The highest BCUT2D eigenvalue weighted by atomic mass is 16.3. The van der Waals surface area contributed by atoms with E-state index in [4.69, 9.17) is 0 Å². The summed E-state index contributed by atoms with van der Waals surface area (Å²) in [5.41, 5.74) is 2.18. The van der Waals surface area contributed by atoms with Crippen molar-refractivity contribution in [1.82, 2.24) is 0 Å². The standard InChI is InChI=1S/C17H20N2O/c1-19(2,14-16-11-7-4-8-12-16)18-17(20)13-15-9-5-3-6-10-15/h3-12H,13-14H2,1-2H3. The van der Waals surface area contributed by atoms with Crippen LogP contribution < -0.4 is 5.11 Å². The Hall–Kier alpha value is -2.13. The average molecular weight is 268 g/mol. The van der Waals surface area contributed by atoms with Gasteiger partial charge in [0.05, 0.1) is 14.1 Å². The van der Waals surface area contributed by atoms with E-state index in [0.29, 0.717) is 17.6 Å². The van der Waals surface area contributed by atoms with Crippen LogP contribution in [-0.2, 0) is 13.0 Å². The molecule has 0 aliphatic heterocycles. The lowest BCUT2D eigenvalue weighted by Gasteiger charge is -2.25. The van der Waals surface area contributed by atoms with E-state index in [1.807, 2.05) is 62.6 Å². The Labute approximate surface area is 120 Å². The second-order valence-electron chi connectivity index (χ2n) is 5.42. The van der Waals surface area contributed by atoms with Gasteiger partial charge in [-0.25, -0.2) is 0 Å². The molecule has 2 aromatic carbocycles. The molecule has 0 radical (unpaired) electrons. The Morgan fingerprint density at radius 2 is 1.40 bits per heavy atom. The zero-order valence-corrected chi connectivity index (χ0v) is 12.0. The van der Waals surface area contributed by atoms with Crippen molar-refractivity contribution in [2.45, 2.75) is 13.0 Å².